The number of aryl methyl sites for hydroxylation is 1. The Bertz CT molecular complexity index is 932. The molecule has 1 aromatic carbocycles. The van der Waals surface area contributed by atoms with Crippen molar-refractivity contribution in [3.8, 4) is 0 Å². The van der Waals surface area contributed by atoms with E-state index in [9.17, 15) is 9.59 Å². The molecule has 0 aliphatic carbocycles. The summed E-state index contributed by atoms with van der Waals surface area (Å²) in [4.78, 5) is 33.8. The highest BCUT2D eigenvalue weighted by molar-refractivity contribution is 14.0. The van der Waals surface area contributed by atoms with Gasteiger partial charge in [-0.2, -0.15) is 0 Å². The van der Waals surface area contributed by atoms with Crippen molar-refractivity contribution < 1.29 is 14.3 Å². The van der Waals surface area contributed by atoms with Crippen LogP contribution >= 0.6 is 35.3 Å². The molecular formula is C22H32IN5O3S. The second-order valence-electron chi connectivity index (χ2n) is 6.81. The Hall–Kier alpha value is -2.21. The Balaban J connectivity index is 0.00000512. The third-order valence-electron chi connectivity index (χ3n) is 4.29. The normalized spacial score (nSPS) is 11.8. The Morgan fingerprint density at radius 1 is 1.19 bits per heavy atom. The zero-order valence-corrected chi connectivity index (χ0v) is 22.3. The maximum atomic E-state index is 12.1. The van der Waals surface area contributed by atoms with E-state index in [0.717, 1.165) is 10.6 Å². The average molecular weight is 574 g/mol. The minimum atomic E-state index is -0.344. The molecule has 176 valence electrons. The molecule has 1 unspecified atom stereocenters. The first-order chi connectivity index (χ1) is 14.9. The Kier molecular flexibility index (Phi) is 12.2. The molecule has 0 bridgehead atoms. The largest absolute Gasteiger partial charge is 0.462 e. The molecule has 2 rings (SSSR count). The first-order valence-corrected chi connectivity index (χ1v) is 11.3. The Morgan fingerprint density at radius 3 is 2.56 bits per heavy atom. The fourth-order valence-electron chi connectivity index (χ4n) is 2.82. The lowest BCUT2D eigenvalue weighted by molar-refractivity contribution is 0.0531. The van der Waals surface area contributed by atoms with E-state index in [1.807, 2.05) is 39.0 Å². The van der Waals surface area contributed by atoms with Crippen molar-refractivity contribution in [2.45, 2.75) is 47.2 Å². The number of guanidine groups is 1. The summed E-state index contributed by atoms with van der Waals surface area (Å²) in [6.45, 7) is 11.5. The van der Waals surface area contributed by atoms with Gasteiger partial charge in [0, 0.05) is 18.7 Å². The van der Waals surface area contributed by atoms with Gasteiger partial charge in [-0.1, -0.05) is 12.1 Å². The van der Waals surface area contributed by atoms with Gasteiger partial charge in [-0.25, -0.2) is 14.8 Å². The van der Waals surface area contributed by atoms with E-state index in [2.05, 4.69) is 25.9 Å². The van der Waals surface area contributed by atoms with Gasteiger partial charge < -0.3 is 20.7 Å². The second kappa shape index (κ2) is 14.0. The summed E-state index contributed by atoms with van der Waals surface area (Å²) < 4.78 is 5.10. The molecule has 8 nitrogen and oxygen atoms in total. The van der Waals surface area contributed by atoms with Gasteiger partial charge in [-0.3, -0.25) is 4.79 Å². The molecule has 0 aliphatic rings. The summed E-state index contributed by atoms with van der Waals surface area (Å²) >= 11 is 1.32. The Labute approximate surface area is 210 Å². The number of halogens is 1. The number of esters is 1. The van der Waals surface area contributed by atoms with E-state index < -0.39 is 0 Å². The van der Waals surface area contributed by atoms with Gasteiger partial charge in [0.05, 0.1) is 24.9 Å². The quantitative estimate of drug-likeness (QED) is 0.183. The lowest BCUT2D eigenvalue weighted by Gasteiger charge is -2.16. The van der Waals surface area contributed by atoms with Crippen LogP contribution in [-0.4, -0.2) is 42.5 Å². The van der Waals surface area contributed by atoms with Crippen LogP contribution in [0.15, 0.2) is 29.3 Å². The molecule has 0 aliphatic heterocycles. The van der Waals surface area contributed by atoms with E-state index in [4.69, 9.17) is 4.74 Å². The third kappa shape index (κ3) is 8.05. The predicted octanol–water partition coefficient (Wildman–Crippen LogP) is 3.81. The van der Waals surface area contributed by atoms with Crippen molar-refractivity contribution in [1.82, 2.24) is 20.9 Å². The summed E-state index contributed by atoms with van der Waals surface area (Å²) in [5, 5.41) is 10.1. The molecule has 10 heteroatoms. The van der Waals surface area contributed by atoms with Crippen molar-refractivity contribution in [3.05, 3.63) is 51.0 Å². The average Bonchev–Trinajstić information content (AvgIpc) is 3.14. The Morgan fingerprint density at radius 2 is 1.91 bits per heavy atom. The number of rotatable bonds is 9. The SMILES string of the molecule is CCNC(=O)c1cccc(CN=C(NCC)NC(C)c2nc(C)c(C(=O)OCC)s2)c1.I. The maximum Gasteiger partial charge on any atom is 0.350 e. The lowest BCUT2D eigenvalue weighted by atomic mass is 10.1. The zero-order chi connectivity index (χ0) is 22.8. The monoisotopic (exact) mass is 573 g/mol. The highest BCUT2D eigenvalue weighted by Crippen LogP contribution is 2.24. The fourth-order valence-corrected chi connectivity index (χ4v) is 3.78. The summed E-state index contributed by atoms with van der Waals surface area (Å²) in [5.41, 5.74) is 2.21. The van der Waals surface area contributed by atoms with Crippen LogP contribution in [0.4, 0.5) is 0 Å². The van der Waals surface area contributed by atoms with Gasteiger partial charge in [0.25, 0.3) is 5.91 Å². The first kappa shape index (κ1) is 27.8. The van der Waals surface area contributed by atoms with Crippen molar-refractivity contribution in [1.29, 1.82) is 0 Å². The van der Waals surface area contributed by atoms with Gasteiger partial charge in [0.1, 0.15) is 9.88 Å². The molecule has 0 spiro atoms. The van der Waals surface area contributed by atoms with E-state index in [0.29, 0.717) is 48.3 Å². The number of ether oxygens (including phenoxy) is 1. The number of carbonyl (C=O) groups is 2. The van der Waals surface area contributed by atoms with Gasteiger partial charge in [0.15, 0.2) is 5.96 Å². The topological polar surface area (TPSA) is 105 Å². The number of amides is 1. The number of aliphatic imine (C=N–C) groups is 1. The smallest absolute Gasteiger partial charge is 0.350 e. The summed E-state index contributed by atoms with van der Waals surface area (Å²) in [5.74, 6) is 0.191. The number of nitrogens with zero attached hydrogens (tertiary/aromatic N) is 2. The highest BCUT2D eigenvalue weighted by Gasteiger charge is 2.20. The lowest BCUT2D eigenvalue weighted by Crippen LogP contribution is -2.38. The number of benzene rings is 1. The summed E-state index contributed by atoms with van der Waals surface area (Å²) in [7, 11) is 0. The molecule has 0 radical (unpaired) electrons. The molecule has 1 aromatic heterocycles. The number of aromatic nitrogens is 1. The molecule has 32 heavy (non-hydrogen) atoms. The standard InChI is InChI=1S/C22H31N5O3S.HI/c1-6-23-19(28)17-11-9-10-16(12-17)13-25-22(24-7-2)27-15(5)20-26-14(4)18(31-20)21(29)30-8-3;/h9-12,15H,6-8,13H2,1-5H3,(H,23,28)(H2,24,25,27);1H. The number of hydrogen-bond acceptors (Lipinski definition) is 6. The zero-order valence-electron chi connectivity index (χ0n) is 19.2. The molecule has 0 fully saturated rings. The van der Waals surface area contributed by atoms with Crippen LogP contribution < -0.4 is 16.0 Å². The minimum absolute atomic E-state index is 0. The van der Waals surface area contributed by atoms with Gasteiger partial charge in [0.2, 0.25) is 0 Å². The molecule has 0 saturated carbocycles. The van der Waals surface area contributed by atoms with Crippen LogP contribution in [0.3, 0.4) is 0 Å². The number of nitrogens with one attached hydrogen (secondary N) is 3. The molecule has 3 N–H and O–H groups in total. The molecular weight excluding hydrogens is 541 g/mol. The second-order valence-corrected chi connectivity index (χ2v) is 7.84. The summed E-state index contributed by atoms with van der Waals surface area (Å²) in [6, 6.07) is 7.28. The third-order valence-corrected chi connectivity index (χ3v) is 5.61. The van der Waals surface area contributed by atoms with Crippen LogP contribution in [0.5, 0.6) is 0 Å². The van der Waals surface area contributed by atoms with Crippen molar-refractivity contribution in [3.63, 3.8) is 0 Å². The van der Waals surface area contributed by atoms with Crippen molar-refractivity contribution in [2.75, 3.05) is 19.7 Å². The van der Waals surface area contributed by atoms with E-state index >= 15 is 0 Å². The minimum Gasteiger partial charge on any atom is -0.462 e. The molecule has 2 aromatic rings. The number of hydrogen-bond donors (Lipinski definition) is 3. The van der Waals surface area contributed by atoms with E-state index in [-0.39, 0.29) is 41.9 Å². The molecule has 1 atom stereocenters. The van der Waals surface area contributed by atoms with Crippen molar-refractivity contribution >= 4 is 53.1 Å². The van der Waals surface area contributed by atoms with Crippen LogP contribution in [0, 0.1) is 6.92 Å². The van der Waals surface area contributed by atoms with E-state index in [1.54, 1.807) is 19.9 Å². The number of thiazole rings is 1. The van der Waals surface area contributed by atoms with Crippen LogP contribution in [-0.2, 0) is 11.3 Å². The predicted molar refractivity (Wildman–Crippen MR) is 139 cm³/mol. The van der Waals surface area contributed by atoms with Crippen LogP contribution in [0.25, 0.3) is 0 Å². The first-order valence-electron chi connectivity index (χ1n) is 10.5. The van der Waals surface area contributed by atoms with Crippen molar-refractivity contribution in [2.24, 2.45) is 4.99 Å². The fraction of sp³-hybridized carbons (Fsp3) is 0.455. The van der Waals surface area contributed by atoms with Gasteiger partial charge >= 0.3 is 5.97 Å². The summed E-state index contributed by atoms with van der Waals surface area (Å²) in [6.07, 6.45) is 0. The van der Waals surface area contributed by atoms with Gasteiger partial charge in [-0.15, -0.1) is 35.3 Å². The van der Waals surface area contributed by atoms with Gasteiger partial charge in [-0.05, 0) is 52.3 Å². The molecule has 1 amide bonds. The van der Waals surface area contributed by atoms with Crippen LogP contribution in [0.1, 0.15) is 70.0 Å². The highest BCUT2D eigenvalue weighted by atomic mass is 127. The molecule has 0 saturated heterocycles. The number of carbonyl (C=O) groups excluding carboxylic acids is 2. The van der Waals surface area contributed by atoms with E-state index in [1.165, 1.54) is 11.3 Å². The van der Waals surface area contributed by atoms with Crippen LogP contribution in [0.2, 0.25) is 0 Å². The maximum absolute atomic E-state index is 12.1. The molecule has 1 heterocycles.